The topological polar surface area (TPSA) is 3.24 Å². The van der Waals surface area contributed by atoms with E-state index in [0.29, 0.717) is 5.41 Å². The van der Waals surface area contributed by atoms with Crippen molar-refractivity contribution in [2.24, 2.45) is 5.92 Å². The molecule has 1 heterocycles. The van der Waals surface area contributed by atoms with E-state index in [1.54, 1.807) is 5.56 Å². The SMILES string of the molecule is CC.CN1CC2CCCC2(c2ccccc2)C1.[CH3-].[Y]. The van der Waals surface area contributed by atoms with Crippen molar-refractivity contribution >= 4 is 0 Å². The fourth-order valence-electron chi connectivity index (χ4n) is 3.78. The maximum Gasteiger partial charge on any atom is 0.0120 e. The van der Waals surface area contributed by atoms with Crippen LogP contribution < -0.4 is 0 Å². The number of hydrogen-bond acceptors (Lipinski definition) is 1. The Labute approximate surface area is 145 Å². The van der Waals surface area contributed by atoms with Gasteiger partial charge in [-0.05, 0) is 31.4 Å². The Morgan fingerprint density at radius 3 is 2.42 bits per heavy atom. The summed E-state index contributed by atoms with van der Waals surface area (Å²) in [6, 6.07) is 11.2. The van der Waals surface area contributed by atoms with Gasteiger partial charge in [0.1, 0.15) is 0 Å². The van der Waals surface area contributed by atoms with Crippen molar-refractivity contribution in [3.63, 3.8) is 0 Å². The first-order valence-corrected chi connectivity index (χ1v) is 7.05. The Hall–Kier alpha value is 0.284. The standard InChI is InChI=1S/C14H19N.C2H6.CH3.Y/c1-15-10-13-8-5-9-14(13,11-15)12-6-3-2-4-7-12;1-2;;/h2-4,6-7,13H,5,8-11H2,1H3;1-2H3;1H3;/q;;-1;. The van der Waals surface area contributed by atoms with E-state index in [1.807, 2.05) is 13.8 Å². The van der Waals surface area contributed by atoms with Crippen LogP contribution in [0.1, 0.15) is 38.7 Å². The summed E-state index contributed by atoms with van der Waals surface area (Å²) in [5.74, 6) is 0.907. The van der Waals surface area contributed by atoms with Crippen LogP contribution >= 0.6 is 0 Å². The van der Waals surface area contributed by atoms with Crippen LogP contribution in [0.3, 0.4) is 0 Å². The van der Waals surface area contributed by atoms with E-state index in [1.165, 1.54) is 32.4 Å². The van der Waals surface area contributed by atoms with E-state index in [-0.39, 0.29) is 40.1 Å². The molecular weight excluding hydrogens is 307 g/mol. The maximum atomic E-state index is 2.51. The van der Waals surface area contributed by atoms with Gasteiger partial charge in [0.15, 0.2) is 0 Å². The molecule has 3 rings (SSSR count). The van der Waals surface area contributed by atoms with Gasteiger partial charge in [-0.3, -0.25) is 0 Å². The van der Waals surface area contributed by atoms with Gasteiger partial charge in [0, 0.05) is 51.2 Å². The molecule has 0 amide bonds. The van der Waals surface area contributed by atoms with Gasteiger partial charge in [-0.25, -0.2) is 0 Å². The summed E-state index contributed by atoms with van der Waals surface area (Å²) in [6.45, 7) is 6.57. The molecule has 1 aromatic rings. The fourth-order valence-corrected chi connectivity index (χ4v) is 3.78. The molecule has 0 aromatic heterocycles. The average molecular weight is 335 g/mol. The van der Waals surface area contributed by atoms with Crippen molar-refractivity contribution in [2.45, 2.75) is 38.5 Å². The number of likely N-dealkylation sites (tertiary alicyclic amines) is 1. The number of hydrogen-bond donors (Lipinski definition) is 0. The molecule has 1 aliphatic carbocycles. The summed E-state index contributed by atoms with van der Waals surface area (Å²) in [7, 11) is 2.27. The van der Waals surface area contributed by atoms with Crippen LogP contribution in [0, 0.1) is 13.3 Å². The predicted molar refractivity (Wildman–Crippen MR) is 80.7 cm³/mol. The molecule has 1 aliphatic heterocycles. The van der Waals surface area contributed by atoms with Crippen molar-refractivity contribution in [3.05, 3.63) is 43.3 Å². The molecule has 19 heavy (non-hydrogen) atoms. The third-order valence-corrected chi connectivity index (χ3v) is 4.39. The van der Waals surface area contributed by atoms with E-state index >= 15 is 0 Å². The van der Waals surface area contributed by atoms with Crippen LogP contribution in [0.5, 0.6) is 0 Å². The third-order valence-electron chi connectivity index (χ3n) is 4.39. The van der Waals surface area contributed by atoms with Crippen LogP contribution in [0.2, 0.25) is 0 Å². The molecule has 0 bridgehead atoms. The molecule has 1 saturated carbocycles. The van der Waals surface area contributed by atoms with Gasteiger partial charge < -0.3 is 12.3 Å². The van der Waals surface area contributed by atoms with E-state index < -0.39 is 0 Å². The van der Waals surface area contributed by atoms with Crippen LogP contribution in [-0.2, 0) is 38.1 Å². The summed E-state index contributed by atoms with van der Waals surface area (Å²) < 4.78 is 0. The number of fused-ring (bicyclic) bond motifs is 1. The van der Waals surface area contributed by atoms with Gasteiger partial charge >= 0.3 is 0 Å². The quantitative estimate of drug-likeness (QED) is 0.697. The first-order valence-electron chi connectivity index (χ1n) is 7.05. The minimum absolute atomic E-state index is 0. The zero-order valence-corrected chi connectivity index (χ0v) is 15.9. The maximum absolute atomic E-state index is 2.51. The Bertz CT molecular complexity index is 352. The molecule has 2 atom stereocenters. The Morgan fingerprint density at radius 2 is 1.79 bits per heavy atom. The number of rotatable bonds is 1. The molecule has 0 N–H and O–H groups in total. The van der Waals surface area contributed by atoms with Crippen molar-refractivity contribution in [3.8, 4) is 0 Å². The second-order valence-corrected chi connectivity index (χ2v) is 5.31. The molecule has 2 fully saturated rings. The van der Waals surface area contributed by atoms with E-state index in [4.69, 9.17) is 0 Å². The van der Waals surface area contributed by atoms with Crippen LogP contribution in [0.15, 0.2) is 30.3 Å². The minimum Gasteiger partial charge on any atom is -0.358 e. The molecule has 1 radical (unpaired) electrons. The Morgan fingerprint density at radius 1 is 1.16 bits per heavy atom. The zero-order chi connectivity index (χ0) is 12.3. The predicted octanol–water partition coefficient (Wildman–Crippen LogP) is 4.14. The summed E-state index contributed by atoms with van der Waals surface area (Å²) in [5.41, 5.74) is 2.08. The molecule has 2 aliphatic rings. The molecule has 2 heteroatoms. The number of nitrogens with zero attached hydrogens (tertiary/aromatic N) is 1. The van der Waals surface area contributed by atoms with Crippen LogP contribution in [-0.4, -0.2) is 25.0 Å². The fraction of sp³-hybridized carbons (Fsp3) is 0.588. The van der Waals surface area contributed by atoms with E-state index in [2.05, 4.69) is 42.3 Å². The largest absolute Gasteiger partial charge is 0.358 e. The van der Waals surface area contributed by atoms with Gasteiger partial charge in [0.2, 0.25) is 0 Å². The molecular formula is C17H28NY-. The Balaban J connectivity index is 0.000000776. The Kier molecular flexibility index (Phi) is 8.67. The second kappa shape index (κ2) is 8.54. The van der Waals surface area contributed by atoms with Crippen molar-refractivity contribution in [2.75, 3.05) is 20.1 Å². The normalized spacial score (nSPS) is 28.5. The van der Waals surface area contributed by atoms with Gasteiger partial charge in [0.05, 0.1) is 0 Å². The van der Waals surface area contributed by atoms with Gasteiger partial charge in [-0.1, -0.05) is 50.6 Å². The van der Waals surface area contributed by atoms with Crippen molar-refractivity contribution in [1.82, 2.24) is 4.90 Å². The molecule has 1 aromatic carbocycles. The second-order valence-electron chi connectivity index (χ2n) is 5.31. The van der Waals surface area contributed by atoms with E-state index in [0.717, 1.165) is 5.92 Å². The van der Waals surface area contributed by atoms with Crippen LogP contribution in [0.25, 0.3) is 0 Å². The van der Waals surface area contributed by atoms with Crippen molar-refractivity contribution in [1.29, 1.82) is 0 Å². The van der Waals surface area contributed by atoms with Gasteiger partial charge in [-0.15, -0.1) is 0 Å². The minimum atomic E-state index is 0. The monoisotopic (exact) mass is 335 g/mol. The summed E-state index contributed by atoms with van der Waals surface area (Å²) in [5, 5.41) is 0. The van der Waals surface area contributed by atoms with Crippen LogP contribution in [0.4, 0.5) is 0 Å². The zero-order valence-electron chi connectivity index (χ0n) is 13.0. The third kappa shape index (κ3) is 3.68. The number of likely N-dealkylation sites (N-methyl/N-ethyl adjacent to an activating group) is 1. The molecule has 1 saturated heterocycles. The van der Waals surface area contributed by atoms with E-state index in [9.17, 15) is 0 Å². The van der Waals surface area contributed by atoms with Gasteiger partial charge in [-0.2, -0.15) is 0 Å². The smallest absolute Gasteiger partial charge is 0.0120 e. The van der Waals surface area contributed by atoms with Crippen molar-refractivity contribution < 1.29 is 32.7 Å². The molecule has 1 nitrogen and oxygen atoms in total. The molecule has 105 valence electrons. The molecule has 2 unspecified atom stereocenters. The molecule has 0 spiro atoms. The summed E-state index contributed by atoms with van der Waals surface area (Å²) >= 11 is 0. The van der Waals surface area contributed by atoms with Gasteiger partial charge in [0.25, 0.3) is 0 Å². The average Bonchev–Trinajstić information content (AvgIpc) is 2.89. The summed E-state index contributed by atoms with van der Waals surface area (Å²) in [6.07, 6.45) is 4.25. The summed E-state index contributed by atoms with van der Waals surface area (Å²) in [4.78, 5) is 2.51. The number of benzene rings is 1. The first kappa shape index (κ1) is 19.3. The first-order chi connectivity index (χ1) is 8.31.